The summed E-state index contributed by atoms with van der Waals surface area (Å²) in [5.74, 6) is -0.0677. The Morgan fingerprint density at radius 1 is 1.24 bits per heavy atom. The van der Waals surface area contributed by atoms with Crippen molar-refractivity contribution in [2.45, 2.75) is 65.8 Å². The van der Waals surface area contributed by atoms with Crippen LogP contribution in [0.4, 0.5) is 0 Å². The zero-order chi connectivity index (χ0) is 16.0. The molecular weight excluding hydrogens is 260 g/mol. The number of aryl methyl sites for hydroxylation is 3. The molecule has 3 nitrogen and oxygen atoms in total. The Bertz CT molecular complexity index is 534. The number of hydrogen-bond donors (Lipinski definition) is 1. The first kappa shape index (κ1) is 17.2. The predicted molar refractivity (Wildman–Crippen MR) is 86.0 cm³/mol. The van der Waals surface area contributed by atoms with Gasteiger partial charge in [0.05, 0.1) is 12.5 Å². The molecule has 0 fully saturated rings. The van der Waals surface area contributed by atoms with Crippen molar-refractivity contribution in [1.82, 2.24) is 5.32 Å². The van der Waals surface area contributed by atoms with Crippen molar-refractivity contribution < 1.29 is 4.79 Å². The molecule has 0 spiro atoms. The molecule has 0 aliphatic rings. The van der Waals surface area contributed by atoms with Crippen molar-refractivity contribution >= 4 is 5.91 Å². The van der Waals surface area contributed by atoms with Crippen molar-refractivity contribution in [3.63, 3.8) is 0 Å². The van der Waals surface area contributed by atoms with Crippen molar-refractivity contribution in [2.24, 2.45) is 0 Å². The summed E-state index contributed by atoms with van der Waals surface area (Å²) in [7, 11) is 0. The minimum atomic E-state index is -0.724. The highest BCUT2D eigenvalue weighted by Gasteiger charge is 2.29. The summed E-state index contributed by atoms with van der Waals surface area (Å²) >= 11 is 0. The lowest BCUT2D eigenvalue weighted by Crippen LogP contribution is -2.47. The highest BCUT2D eigenvalue weighted by atomic mass is 16.1. The third kappa shape index (κ3) is 4.32. The second-order valence-corrected chi connectivity index (χ2v) is 5.90. The first-order chi connectivity index (χ1) is 9.87. The minimum Gasteiger partial charge on any atom is -0.338 e. The summed E-state index contributed by atoms with van der Waals surface area (Å²) in [6, 6.07) is 6.48. The highest BCUT2D eigenvalue weighted by Crippen LogP contribution is 2.19. The van der Waals surface area contributed by atoms with Gasteiger partial charge < -0.3 is 5.32 Å². The minimum absolute atomic E-state index is 0.0677. The van der Waals surface area contributed by atoms with E-state index >= 15 is 0 Å². The normalized spacial score (nSPS) is 13.3. The van der Waals surface area contributed by atoms with Gasteiger partial charge in [-0.05, 0) is 50.3 Å². The number of carbonyl (C=O) groups is 1. The van der Waals surface area contributed by atoms with E-state index in [-0.39, 0.29) is 5.91 Å². The van der Waals surface area contributed by atoms with E-state index in [0.29, 0.717) is 19.3 Å². The molecule has 21 heavy (non-hydrogen) atoms. The summed E-state index contributed by atoms with van der Waals surface area (Å²) in [5.41, 5.74) is 3.82. The fourth-order valence-corrected chi connectivity index (χ4v) is 2.88. The molecule has 114 valence electrons. The van der Waals surface area contributed by atoms with Gasteiger partial charge in [-0.25, -0.2) is 0 Å². The van der Waals surface area contributed by atoms with Crippen LogP contribution in [-0.4, -0.2) is 11.4 Å². The molecule has 1 aromatic carbocycles. The molecule has 1 unspecified atom stereocenters. The summed E-state index contributed by atoms with van der Waals surface area (Å²) in [4.78, 5) is 12.3. The van der Waals surface area contributed by atoms with Gasteiger partial charge >= 0.3 is 0 Å². The van der Waals surface area contributed by atoms with Crippen LogP contribution in [0.3, 0.4) is 0 Å². The summed E-state index contributed by atoms with van der Waals surface area (Å²) in [5, 5.41) is 12.4. The summed E-state index contributed by atoms with van der Waals surface area (Å²) < 4.78 is 0. The molecule has 1 aromatic rings. The van der Waals surface area contributed by atoms with E-state index in [2.05, 4.69) is 30.4 Å². The summed E-state index contributed by atoms with van der Waals surface area (Å²) in [6.07, 6.45) is 2.54. The number of rotatable bonds is 6. The van der Waals surface area contributed by atoms with Gasteiger partial charge in [0.1, 0.15) is 5.54 Å². The van der Waals surface area contributed by atoms with E-state index in [1.54, 1.807) is 0 Å². The van der Waals surface area contributed by atoms with Crippen LogP contribution in [0.2, 0.25) is 0 Å². The first-order valence-electron chi connectivity index (χ1n) is 7.66. The highest BCUT2D eigenvalue weighted by molar-refractivity contribution is 5.80. The quantitative estimate of drug-likeness (QED) is 0.866. The van der Waals surface area contributed by atoms with Gasteiger partial charge in [0.25, 0.3) is 0 Å². The number of benzene rings is 1. The molecule has 1 N–H and O–H groups in total. The Hall–Kier alpha value is -1.82. The van der Waals surface area contributed by atoms with E-state index in [4.69, 9.17) is 0 Å². The third-order valence-electron chi connectivity index (χ3n) is 4.05. The number of nitrogens with zero attached hydrogens (tertiary/aromatic N) is 1. The Kier molecular flexibility index (Phi) is 5.96. The van der Waals surface area contributed by atoms with Gasteiger partial charge in [0, 0.05) is 0 Å². The zero-order valence-electron chi connectivity index (χ0n) is 13.8. The maximum atomic E-state index is 12.3. The average molecular weight is 286 g/mol. The molecule has 0 bridgehead atoms. The Morgan fingerprint density at radius 3 is 2.24 bits per heavy atom. The van der Waals surface area contributed by atoms with Crippen molar-refractivity contribution in [3.8, 4) is 6.07 Å². The standard InChI is InChI=1S/C18H26N2O/c1-6-8-18(7-2,12-19)20-17(21)11-16-14(4)9-13(3)10-15(16)5/h9-10H,6-8,11H2,1-5H3,(H,20,21). The molecule has 0 radical (unpaired) electrons. The third-order valence-corrected chi connectivity index (χ3v) is 4.05. The number of hydrogen-bond acceptors (Lipinski definition) is 2. The smallest absolute Gasteiger partial charge is 0.225 e. The van der Waals surface area contributed by atoms with Crippen LogP contribution in [0.25, 0.3) is 0 Å². The maximum absolute atomic E-state index is 12.3. The Labute approximate surface area is 128 Å². The molecule has 1 rings (SSSR count). The van der Waals surface area contributed by atoms with Gasteiger partial charge in [-0.15, -0.1) is 0 Å². The lowest BCUT2D eigenvalue weighted by Gasteiger charge is -2.26. The molecular formula is C18H26N2O. The fraction of sp³-hybridized carbons (Fsp3) is 0.556. The van der Waals surface area contributed by atoms with E-state index in [1.165, 1.54) is 5.56 Å². The van der Waals surface area contributed by atoms with Crippen LogP contribution in [-0.2, 0) is 11.2 Å². The number of nitriles is 1. The topological polar surface area (TPSA) is 52.9 Å². The van der Waals surface area contributed by atoms with Gasteiger partial charge in [-0.2, -0.15) is 5.26 Å². The van der Waals surface area contributed by atoms with E-state index in [0.717, 1.165) is 23.1 Å². The molecule has 0 heterocycles. The Balaban J connectivity index is 2.90. The first-order valence-corrected chi connectivity index (χ1v) is 7.66. The van der Waals surface area contributed by atoms with E-state index in [1.807, 2.05) is 27.7 Å². The van der Waals surface area contributed by atoms with Gasteiger partial charge in [0.2, 0.25) is 5.91 Å². The molecule has 1 amide bonds. The molecule has 0 saturated heterocycles. The van der Waals surface area contributed by atoms with Crippen molar-refractivity contribution in [3.05, 3.63) is 34.4 Å². The fourth-order valence-electron chi connectivity index (χ4n) is 2.88. The Morgan fingerprint density at radius 2 is 1.81 bits per heavy atom. The molecule has 0 saturated carbocycles. The van der Waals surface area contributed by atoms with Gasteiger partial charge in [-0.1, -0.05) is 38.0 Å². The number of amides is 1. The second kappa shape index (κ2) is 7.26. The predicted octanol–water partition coefficient (Wildman–Crippen LogP) is 3.74. The average Bonchev–Trinajstić information content (AvgIpc) is 2.42. The van der Waals surface area contributed by atoms with Gasteiger partial charge in [-0.3, -0.25) is 4.79 Å². The number of nitrogens with one attached hydrogen (secondary N) is 1. The van der Waals surface area contributed by atoms with Crippen LogP contribution in [0.1, 0.15) is 55.4 Å². The van der Waals surface area contributed by atoms with Crippen LogP contribution in [0, 0.1) is 32.1 Å². The van der Waals surface area contributed by atoms with Crippen molar-refractivity contribution in [2.75, 3.05) is 0 Å². The van der Waals surface area contributed by atoms with Crippen LogP contribution < -0.4 is 5.32 Å². The monoisotopic (exact) mass is 286 g/mol. The van der Waals surface area contributed by atoms with Crippen LogP contribution in [0.5, 0.6) is 0 Å². The molecule has 0 aliphatic carbocycles. The summed E-state index contributed by atoms with van der Waals surface area (Å²) in [6.45, 7) is 10.1. The lowest BCUT2D eigenvalue weighted by molar-refractivity contribution is -0.121. The largest absolute Gasteiger partial charge is 0.338 e. The van der Waals surface area contributed by atoms with Crippen molar-refractivity contribution in [1.29, 1.82) is 5.26 Å². The SMILES string of the molecule is CCCC(C#N)(CC)NC(=O)Cc1c(C)cc(C)cc1C. The molecule has 1 atom stereocenters. The van der Waals surface area contributed by atoms with E-state index < -0.39 is 5.54 Å². The van der Waals surface area contributed by atoms with Crippen LogP contribution in [0.15, 0.2) is 12.1 Å². The molecule has 3 heteroatoms. The maximum Gasteiger partial charge on any atom is 0.225 e. The lowest BCUT2D eigenvalue weighted by atomic mass is 9.91. The second-order valence-electron chi connectivity index (χ2n) is 5.90. The molecule has 0 aliphatic heterocycles. The number of carbonyl (C=O) groups excluding carboxylic acids is 1. The van der Waals surface area contributed by atoms with E-state index in [9.17, 15) is 10.1 Å². The van der Waals surface area contributed by atoms with Gasteiger partial charge in [0.15, 0.2) is 0 Å². The zero-order valence-corrected chi connectivity index (χ0v) is 13.8. The molecule has 0 aromatic heterocycles. The van der Waals surface area contributed by atoms with Crippen LogP contribution >= 0.6 is 0 Å².